The lowest BCUT2D eigenvalue weighted by atomic mass is 10.1. The minimum atomic E-state index is -0.525. The van der Waals surface area contributed by atoms with Crippen molar-refractivity contribution in [2.75, 3.05) is 11.1 Å². The van der Waals surface area contributed by atoms with Crippen LogP contribution in [0.5, 0.6) is 0 Å². The summed E-state index contributed by atoms with van der Waals surface area (Å²) in [6, 6.07) is 12.0. The molecule has 0 atom stereocenters. The van der Waals surface area contributed by atoms with Gasteiger partial charge in [-0.2, -0.15) is 0 Å². The maximum absolute atomic E-state index is 12.2. The summed E-state index contributed by atoms with van der Waals surface area (Å²) in [7, 11) is 0. The number of benzene rings is 2. The van der Waals surface area contributed by atoms with Crippen molar-refractivity contribution in [2.24, 2.45) is 0 Å². The maximum Gasteiger partial charge on any atom is 0.269 e. The Morgan fingerprint density at radius 3 is 2.54 bits per heavy atom. The standard InChI is InChI=1S/C17H11ClN4O4S2/c18-13-4-2-1-3-12(13)15(24)19-16-20-21-17(28-16)27-9-14(23)10-5-7-11(8-6-10)22(25)26/h1-8H,9H2,(H,19,20,24). The van der Waals surface area contributed by atoms with E-state index in [4.69, 9.17) is 11.6 Å². The van der Waals surface area contributed by atoms with Crippen molar-refractivity contribution in [3.8, 4) is 0 Å². The molecule has 0 saturated heterocycles. The highest BCUT2D eigenvalue weighted by Gasteiger charge is 2.15. The molecule has 0 bridgehead atoms. The van der Waals surface area contributed by atoms with Crippen LogP contribution in [-0.4, -0.2) is 32.6 Å². The summed E-state index contributed by atoms with van der Waals surface area (Å²) < 4.78 is 0.504. The van der Waals surface area contributed by atoms with Crippen molar-refractivity contribution in [3.05, 3.63) is 74.8 Å². The topological polar surface area (TPSA) is 115 Å². The van der Waals surface area contributed by atoms with Gasteiger partial charge in [-0.1, -0.05) is 46.8 Å². The van der Waals surface area contributed by atoms with E-state index in [1.54, 1.807) is 24.3 Å². The second-order valence-electron chi connectivity index (χ2n) is 5.32. The van der Waals surface area contributed by atoms with Crippen LogP contribution in [0.4, 0.5) is 10.8 Å². The van der Waals surface area contributed by atoms with Gasteiger partial charge in [-0.15, -0.1) is 10.2 Å². The Hall–Kier alpha value is -2.82. The molecule has 0 aliphatic rings. The molecule has 0 radical (unpaired) electrons. The number of hydrogen-bond acceptors (Lipinski definition) is 8. The number of Topliss-reactive ketones (excluding diaryl/α,β-unsaturated/α-hetero) is 1. The number of nitro groups is 1. The molecule has 1 heterocycles. The monoisotopic (exact) mass is 434 g/mol. The number of amides is 1. The van der Waals surface area contributed by atoms with Crippen LogP contribution in [0.15, 0.2) is 52.9 Å². The Kier molecular flexibility index (Phi) is 6.34. The number of halogens is 1. The molecule has 1 N–H and O–H groups in total. The number of nitro benzene ring substituents is 1. The summed E-state index contributed by atoms with van der Waals surface area (Å²) in [5.41, 5.74) is 0.615. The van der Waals surface area contributed by atoms with Gasteiger partial charge in [-0.25, -0.2) is 0 Å². The first-order valence-corrected chi connectivity index (χ1v) is 9.92. The number of nitrogens with one attached hydrogen (secondary N) is 1. The smallest absolute Gasteiger partial charge is 0.269 e. The molecule has 2 aromatic carbocycles. The second-order valence-corrected chi connectivity index (χ2v) is 7.93. The SMILES string of the molecule is O=C(CSc1nnc(NC(=O)c2ccccc2Cl)s1)c1ccc([N+](=O)[O-])cc1. The van der Waals surface area contributed by atoms with E-state index < -0.39 is 10.8 Å². The number of aromatic nitrogens is 2. The highest BCUT2D eigenvalue weighted by molar-refractivity contribution is 8.01. The first kappa shape index (κ1) is 19.9. The van der Waals surface area contributed by atoms with Crippen molar-refractivity contribution in [1.29, 1.82) is 0 Å². The van der Waals surface area contributed by atoms with Crippen LogP contribution in [-0.2, 0) is 0 Å². The zero-order valence-corrected chi connectivity index (χ0v) is 16.4. The number of carbonyl (C=O) groups is 2. The molecule has 0 fully saturated rings. The Morgan fingerprint density at radius 2 is 1.86 bits per heavy atom. The summed E-state index contributed by atoms with van der Waals surface area (Å²) in [6.45, 7) is 0. The van der Waals surface area contributed by atoms with Gasteiger partial charge >= 0.3 is 0 Å². The first-order chi connectivity index (χ1) is 13.4. The van der Waals surface area contributed by atoms with Gasteiger partial charge in [0.2, 0.25) is 5.13 Å². The fourth-order valence-corrected chi connectivity index (χ4v) is 3.97. The number of ketones is 1. The van der Waals surface area contributed by atoms with Gasteiger partial charge in [0.05, 0.1) is 21.3 Å². The minimum absolute atomic E-state index is 0.0766. The summed E-state index contributed by atoms with van der Waals surface area (Å²) >= 11 is 8.28. The quantitative estimate of drug-likeness (QED) is 0.193. The van der Waals surface area contributed by atoms with Gasteiger partial charge in [0.1, 0.15) is 0 Å². The molecule has 0 spiro atoms. The van der Waals surface area contributed by atoms with Crippen molar-refractivity contribution in [1.82, 2.24) is 10.2 Å². The maximum atomic E-state index is 12.2. The van der Waals surface area contributed by atoms with Gasteiger partial charge in [0.25, 0.3) is 11.6 Å². The van der Waals surface area contributed by atoms with Crippen LogP contribution in [0.25, 0.3) is 0 Å². The summed E-state index contributed by atoms with van der Waals surface area (Å²) in [5, 5.41) is 21.7. The van der Waals surface area contributed by atoms with E-state index in [-0.39, 0.29) is 22.4 Å². The largest absolute Gasteiger partial charge is 0.296 e. The molecule has 0 aliphatic heterocycles. The van der Waals surface area contributed by atoms with Gasteiger partial charge < -0.3 is 0 Å². The lowest BCUT2D eigenvalue weighted by Crippen LogP contribution is -2.12. The average molecular weight is 435 g/mol. The van der Waals surface area contributed by atoms with Gasteiger partial charge in [0.15, 0.2) is 10.1 Å². The van der Waals surface area contributed by atoms with Crippen LogP contribution >= 0.6 is 34.7 Å². The summed E-state index contributed by atoms with van der Waals surface area (Å²) in [6.07, 6.45) is 0. The second kappa shape index (κ2) is 8.91. The molecule has 0 aliphatic carbocycles. The van der Waals surface area contributed by atoms with Crippen LogP contribution in [0.3, 0.4) is 0 Å². The van der Waals surface area contributed by atoms with Crippen molar-refractivity contribution >= 4 is 57.2 Å². The molecular weight excluding hydrogens is 424 g/mol. The Balaban J connectivity index is 1.57. The lowest BCUT2D eigenvalue weighted by Gasteiger charge is -2.02. The van der Waals surface area contributed by atoms with E-state index in [0.29, 0.717) is 20.5 Å². The zero-order chi connectivity index (χ0) is 20.1. The predicted molar refractivity (Wildman–Crippen MR) is 107 cm³/mol. The van der Waals surface area contributed by atoms with E-state index in [0.717, 1.165) is 23.1 Å². The minimum Gasteiger partial charge on any atom is -0.296 e. The third kappa shape index (κ3) is 4.91. The van der Waals surface area contributed by atoms with Crippen LogP contribution in [0.1, 0.15) is 20.7 Å². The normalized spacial score (nSPS) is 10.5. The number of hydrogen-bond donors (Lipinski definition) is 1. The highest BCUT2D eigenvalue weighted by Crippen LogP contribution is 2.27. The third-order valence-electron chi connectivity index (χ3n) is 3.47. The highest BCUT2D eigenvalue weighted by atomic mass is 35.5. The molecule has 3 aromatic rings. The first-order valence-electron chi connectivity index (χ1n) is 7.74. The zero-order valence-electron chi connectivity index (χ0n) is 14.0. The summed E-state index contributed by atoms with van der Waals surface area (Å²) in [5.74, 6) is -0.512. The molecule has 8 nitrogen and oxygen atoms in total. The van der Waals surface area contributed by atoms with Gasteiger partial charge in [-0.05, 0) is 24.3 Å². The molecule has 11 heteroatoms. The molecule has 1 amide bonds. The van der Waals surface area contributed by atoms with E-state index in [1.165, 1.54) is 24.3 Å². The number of carbonyl (C=O) groups excluding carboxylic acids is 2. The fourth-order valence-electron chi connectivity index (χ4n) is 2.11. The molecule has 0 saturated carbocycles. The number of nitrogens with zero attached hydrogens (tertiary/aromatic N) is 3. The molecule has 142 valence electrons. The Bertz CT molecular complexity index is 1040. The predicted octanol–water partition coefficient (Wildman–Crippen LogP) is 4.33. The Labute approximate surface area is 172 Å². The number of thioether (sulfide) groups is 1. The molecule has 3 rings (SSSR count). The molecular formula is C17H11ClN4O4S2. The van der Waals surface area contributed by atoms with E-state index in [9.17, 15) is 19.7 Å². The van der Waals surface area contributed by atoms with Crippen LogP contribution < -0.4 is 5.32 Å². The third-order valence-corrected chi connectivity index (χ3v) is 5.77. The number of rotatable bonds is 7. The van der Waals surface area contributed by atoms with Crippen LogP contribution in [0, 0.1) is 10.1 Å². The number of anilines is 1. The van der Waals surface area contributed by atoms with E-state index in [2.05, 4.69) is 15.5 Å². The fraction of sp³-hybridized carbons (Fsp3) is 0.0588. The molecule has 0 unspecified atom stereocenters. The number of non-ortho nitro benzene ring substituents is 1. The van der Waals surface area contributed by atoms with E-state index in [1.807, 2.05) is 0 Å². The summed E-state index contributed by atoms with van der Waals surface area (Å²) in [4.78, 5) is 34.5. The molecule has 1 aromatic heterocycles. The van der Waals surface area contributed by atoms with Gasteiger partial charge in [-0.3, -0.25) is 25.0 Å². The average Bonchev–Trinajstić information content (AvgIpc) is 3.13. The van der Waals surface area contributed by atoms with Crippen molar-refractivity contribution in [2.45, 2.75) is 4.34 Å². The lowest BCUT2D eigenvalue weighted by molar-refractivity contribution is -0.384. The van der Waals surface area contributed by atoms with E-state index >= 15 is 0 Å². The van der Waals surface area contributed by atoms with Gasteiger partial charge in [0, 0.05) is 17.7 Å². The Morgan fingerprint density at radius 1 is 1.14 bits per heavy atom. The van der Waals surface area contributed by atoms with Crippen LogP contribution in [0.2, 0.25) is 5.02 Å². The molecule has 28 heavy (non-hydrogen) atoms. The van der Waals surface area contributed by atoms with Crippen molar-refractivity contribution in [3.63, 3.8) is 0 Å². The van der Waals surface area contributed by atoms with Crippen molar-refractivity contribution < 1.29 is 14.5 Å².